The van der Waals surface area contributed by atoms with Crippen molar-refractivity contribution >= 4 is 23.0 Å². The number of hydrogen-bond donors (Lipinski definition) is 2. The Morgan fingerprint density at radius 2 is 1.66 bits per heavy atom. The van der Waals surface area contributed by atoms with E-state index in [0.29, 0.717) is 5.69 Å². The lowest BCUT2D eigenvalue weighted by Gasteiger charge is -2.57. The number of carbonyl (C=O) groups excluding carboxylic acids is 1. The molecular weight excluding hydrogens is 398 g/mol. The number of phenols is 1. The van der Waals surface area contributed by atoms with Crippen molar-refractivity contribution in [2.75, 3.05) is 0 Å². The number of nitrogens with one attached hydrogen (secondary N) is 1. The van der Waals surface area contributed by atoms with Gasteiger partial charge in [0.05, 0.1) is 11.7 Å². The molecule has 2 aromatic carbocycles. The minimum Gasteiger partial charge on any atom is -0.508 e. The van der Waals surface area contributed by atoms with Crippen molar-refractivity contribution in [3.05, 3.63) is 71.4 Å². The molecule has 162 valence electrons. The number of pyridine rings is 1. The van der Waals surface area contributed by atoms with Gasteiger partial charge in [-0.05, 0) is 109 Å². The second kappa shape index (κ2) is 7.44. The predicted octanol–water partition coefficient (Wildman–Crippen LogP) is 5.17. The summed E-state index contributed by atoms with van der Waals surface area (Å²) in [5.74, 6) is 2.40. The van der Waals surface area contributed by atoms with Crippen LogP contribution in [0, 0.1) is 17.8 Å². The zero-order valence-electron chi connectivity index (χ0n) is 18.0. The monoisotopic (exact) mass is 425 g/mol. The van der Waals surface area contributed by atoms with Gasteiger partial charge < -0.3 is 5.11 Å². The molecule has 4 bridgehead atoms. The van der Waals surface area contributed by atoms with Crippen molar-refractivity contribution in [1.29, 1.82) is 0 Å². The van der Waals surface area contributed by atoms with Crippen molar-refractivity contribution in [1.82, 2.24) is 10.4 Å². The summed E-state index contributed by atoms with van der Waals surface area (Å²) < 4.78 is 0. The predicted molar refractivity (Wildman–Crippen MR) is 125 cm³/mol. The van der Waals surface area contributed by atoms with Gasteiger partial charge in [0.2, 0.25) is 0 Å². The number of fused-ring (bicyclic) bond motifs is 1. The van der Waals surface area contributed by atoms with Crippen LogP contribution in [0.2, 0.25) is 0 Å². The number of hydrazone groups is 1. The highest BCUT2D eigenvalue weighted by Gasteiger charge is 2.52. The molecule has 4 aliphatic rings. The maximum absolute atomic E-state index is 13.0. The number of aromatic hydroxyl groups is 1. The Morgan fingerprint density at radius 3 is 2.34 bits per heavy atom. The zero-order chi connectivity index (χ0) is 21.7. The highest BCUT2D eigenvalue weighted by atomic mass is 16.3. The summed E-state index contributed by atoms with van der Waals surface area (Å²) in [5, 5.41) is 14.7. The normalized spacial score (nSPS) is 28.4. The molecule has 1 aromatic heterocycles. The smallest absolute Gasteiger partial charge is 0.289 e. The summed E-state index contributed by atoms with van der Waals surface area (Å²) in [6, 6.07) is 16.9. The number of phenolic OH excluding ortho intramolecular Hbond substituents is 1. The molecule has 32 heavy (non-hydrogen) atoms. The minimum atomic E-state index is -0.295. The Morgan fingerprint density at radius 1 is 1.00 bits per heavy atom. The second-order valence-corrected chi connectivity index (χ2v) is 10.1. The van der Waals surface area contributed by atoms with Crippen LogP contribution in [0.3, 0.4) is 0 Å². The third kappa shape index (κ3) is 3.36. The van der Waals surface area contributed by atoms with Gasteiger partial charge in [0.25, 0.3) is 5.91 Å². The van der Waals surface area contributed by atoms with Crippen LogP contribution in [-0.4, -0.2) is 22.2 Å². The molecule has 5 nitrogen and oxygen atoms in total. The number of amides is 1. The van der Waals surface area contributed by atoms with Crippen LogP contribution in [0.25, 0.3) is 10.9 Å². The first-order valence-electron chi connectivity index (χ1n) is 11.6. The molecule has 3 aromatic rings. The number of para-hydroxylation sites is 1. The topological polar surface area (TPSA) is 74.6 Å². The fraction of sp³-hybridized carbons (Fsp3) is 0.370. The lowest BCUT2D eigenvalue weighted by molar-refractivity contribution is -0.00453. The Labute approximate surface area is 187 Å². The molecule has 0 saturated heterocycles. The van der Waals surface area contributed by atoms with Gasteiger partial charge in [-0.2, -0.15) is 5.10 Å². The van der Waals surface area contributed by atoms with Crippen LogP contribution >= 0.6 is 0 Å². The SMILES string of the molecule is O=C(N/N=C/c1ccc(O)cc1)c1cc(C23CC4CC(CC(C4)C2)C3)c2ccccc2n1. The van der Waals surface area contributed by atoms with Gasteiger partial charge in [0.15, 0.2) is 0 Å². The van der Waals surface area contributed by atoms with E-state index in [1.54, 1.807) is 30.5 Å². The van der Waals surface area contributed by atoms with Crippen molar-refractivity contribution in [2.24, 2.45) is 22.9 Å². The lowest BCUT2D eigenvalue weighted by atomic mass is 9.48. The summed E-state index contributed by atoms with van der Waals surface area (Å²) in [6.45, 7) is 0. The molecule has 0 radical (unpaired) electrons. The number of nitrogens with zero attached hydrogens (tertiary/aromatic N) is 2. The van der Waals surface area contributed by atoms with Crippen molar-refractivity contribution in [3.63, 3.8) is 0 Å². The van der Waals surface area contributed by atoms with Crippen LogP contribution in [0.4, 0.5) is 0 Å². The van der Waals surface area contributed by atoms with E-state index >= 15 is 0 Å². The van der Waals surface area contributed by atoms with Gasteiger partial charge >= 0.3 is 0 Å². The summed E-state index contributed by atoms with van der Waals surface area (Å²) in [5.41, 5.74) is 6.24. The molecule has 2 N–H and O–H groups in total. The number of rotatable bonds is 4. The Hall–Kier alpha value is -3.21. The first kappa shape index (κ1) is 19.5. The summed E-state index contributed by atoms with van der Waals surface area (Å²) in [7, 11) is 0. The fourth-order valence-corrected chi connectivity index (χ4v) is 6.95. The molecule has 0 atom stereocenters. The van der Waals surface area contributed by atoms with Crippen LogP contribution in [-0.2, 0) is 5.41 Å². The van der Waals surface area contributed by atoms with Crippen LogP contribution < -0.4 is 5.43 Å². The van der Waals surface area contributed by atoms with Crippen LogP contribution in [0.5, 0.6) is 5.75 Å². The fourth-order valence-electron chi connectivity index (χ4n) is 6.95. The Bertz CT molecular complexity index is 1180. The number of benzene rings is 2. The quantitative estimate of drug-likeness (QED) is 0.447. The van der Waals surface area contributed by atoms with Gasteiger partial charge in [-0.1, -0.05) is 18.2 Å². The molecule has 4 fully saturated rings. The molecule has 1 amide bonds. The van der Waals surface area contributed by atoms with E-state index in [1.807, 2.05) is 18.2 Å². The van der Waals surface area contributed by atoms with E-state index < -0.39 is 0 Å². The average molecular weight is 426 g/mol. The maximum Gasteiger partial charge on any atom is 0.289 e. The molecule has 0 spiro atoms. The second-order valence-electron chi connectivity index (χ2n) is 10.1. The van der Waals surface area contributed by atoms with Crippen molar-refractivity contribution in [2.45, 2.75) is 43.9 Å². The molecule has 0 aliphatic heterocycles. The molecule has 0 unspecified atom stereocenters. The Kier molecular flexibility index (Phi) is 4.53. The standard InChI is InChI=1S/C27H27N3O2/c31-21-7-5-17(6-8-21)16-28-30-26(32)25-12-23(22-3-1-2-4-24(22)29-25)27-13-18-9-19(14-27)11-20(10-18)15-27/h1-8,12,16,18-20,31H,9-11,13-15H2,(H,30,32)/b28-16+. The highest BCUT2D eigenvalue weighted by molar-refractivity contribution is 5.96. The van der Waals surface area contributed by atoms with Crippen molar-refractivity contribution < 1.29 is 9.90 Å². The van der Waals surface area contributed by atoms with E-state index in [9.17, 15) is 9.90 Å². The number of hydrogen-bond acceptors (Lipinski definition) is 4. The summed E-state index contributed by atoms with van der Waals surface area (Å²) >= 11 is 0. The molecule has 5 heteroatoms. The van der Waals surface area contributed by atoms with Gasteiger partial charge in [-0.15, -0.1) is 0 Å². The van der Waals surface area contributed by atoms with Crippen LogP contribution in [0.15, 0.2) is 59.7 Å². The van der Waals surface area contributed by atoms with E-state index in [1.165, 1.54) is 49.5 Å². The Balaban J connectivity index is 1.34. The van der Waals surface area contributed by atoms with Gasteiger partial charge in [0, 0.05) is 5.39 Å². The third-order valence-corrected chi connectivity index (χ3v) is 7.83. The first-order valence-corrected chi connectivity index (χ1v) is 11.6. The van der Waals surface area contributed by atoms with Crippen molar-refractivity contribution in [3.8, 4) is 5.75 Å². The largest absolute Gasteiger partial charge is 0.508 e. The van der Waals surface area contributed by atoms with E-state index in [0.717, 1.165) is 28.8 Å². The van der Waals surface area contributed by atoms with E-state index in [-0.39, 0.29) is 17.1 Å². The maximum atomic E-state index is 13.0. The summed E-state index contributed by atoms with van der Waals surface area (Å²) in [4.78, 5) is 17.7. The van der Waals surface area contributed by atoms with E-state index in [4.69, 9.17) is 0 Å². The first-order chi connectivity index (χ1) is 15.6. The minimum absolute atomic E-state index is 0.182. The molecular formula is C27H27N3O2. The molecule has 7 rings (SSSR count). The van der Waals surface area contributed by atoms with Gasteiger partial charge in [-0.3, -0.25) is 4.79 Å². The van der Waals surface area contributed by atoms with Crippen LogP contribution in [0.1, 0.15) is 60.1 Å². The lowest BCUT2D eigenvalue weighted by Crippen LogP contribution is -2.48. The third-order valence-electron chi connectivity index (χ3n) is 7.83. The molecule has 4 saturated carbocycles. The number of aromatic nitrogens is 1. The zero-order valence-corrected chi connectivity index (χ0v) is 18.0. The highest BCUT2D eigenvalue weighted by Crippen LogP contribution is 2.61. The summed E-state index contributed by atoms with van der Waals surface area (Å²) in [6.07, 6.45) is 9.47. The van der Waals surface area contributed by atoms with Gasteiger partial charge in [-0.25, -0.2) is 10.4 Å². The molecule has 4 aliphatic carbocycles. The average Bonchev–Trinajstić information content (AvgIpc) is 2.78. The van der Waals surface area contributed by atoms with Gasteiger partial charge in [0.1, 0.15) is 11.4 Å². The number of carbonyl (C=O) groups is 1. The molecule has 1 heterocycles. The van der Waals surface area contributed by atoms with E-state index in [2.05, 4.69) is 27.6 Å².